The molecule has 0 spiro atoms. The number of nitrogens with one attached hydrogen (secondary N) is 1. The topological polar surface area (TPSA) is 79.1 Å². The molecule has 0 aliphatic carbocycles. The quantitative estimate of drug-likeness (QED) is 0.515. The summed E-state index contributed by atoms with van der Waals surface area (Å²) in [7, 11) is 0. The minimum Gasteiger partial charge on any atom is -0.311 e. The highest BCUT2D eigenvalue weighted by atomic mass is 19.4. The van der Waals surface area contributed by atoms with Crippen molar-refractivity contribution in [3.63, 3.8) is 0 Å². The Kier molecular flexibility index (Phi) is 5.63. The molecule has 0 saturated heterocycles. The summed E-state index contributed by atoms with van der Waals surface area (Å²) < 4.78 is 39.6. The van der Waals surface area contributed by atoms with Crippen LogP contribution in [-0.4, -0.2) is 16.3 Å². The highest BCUT2D eigenvalue weighted by molar-refractivity contribution is 5.98. The number of aromatic nitrogens is 1. The summed E-state index contributed by atoms with van der Waals surface area (Å²) in [5.74, 6) is -0.292. The van der Waals surface area contributed by atoms with Gasteiger partial charge in [0.05, 0.1) is 23.2 Å². The number of benzene rings is 2. The molecule has 8 heteroatoms. The predicted octanol–water partition coefficient (Wildman–Crippen LogP) is 1.54. The molecule has 0 aliphatic heterocycles. The molecular formula is C21H17F3N3O2+. The first-order chi connectivity index (χ1) is 13.7. The molecule has 1 aromatic heterocycles. The summed E-state index contributed by atoms with van der Waals surface area (Å²) in [6, 6.07) is 16.7. The van der Waals surface area contributed by atoms with Crippen LogP contribution in [0.15, 0.2) is 77.7 Å². The van der Waals surface area contributed by atoms with Gasteiger partial charge in [0.2, 0.25) is 0 Å². The van der Waals surface area contributed by atoms with Crippen LogP contribution in [0.25, 0.3) is 0 Å². The van der Waals surface area contributed by atoms with Gasteiger partial charge in [0, 0.05) is 12.3 Å². The normalized spacial score (nSPS) is 12.0. The molecule has 0 atom stereocenters. The van der Waals surface area contributed by atoms with Gasteiger partial charge in [-0.3, -0.25) is 10.5 Å². The molecule has 1 heterocycles. The number of pyridine rings is 1. The minimum absolute atomic E-state index is 0.109. The number of alkyl halides is 3. The fraction of sp³-hybridized carbons (Fsp3) is 0.0952. The lowest BCUT2D eigenvalue weighted by Gasteiger charge is -2.11. The maximum Gasteiger partial charge on any atom is 0.417 e. The van der Waals surface area contributed by atoms with E-state index >= 15 is 0 Å². The third-order valence-electron chi connectivity index (χ3n) is 4.19. The van der Waals surface area contributed by atoms with Crippen molar-refractivity contribution in [2.75, 3.05) is 0 Å². The molecule has 0 saturated carbocycles. The van der Waals surface area contributed by atoms with E-state index in [-0.39, 0.29) is 17.9 Å². The third-order valence-corrected chi connectivity index (χ3v) is 4.19. The van der Waals surface area contributed by atoms with E-state index in [0.717, 1.165) is 22.9 Å². The molecule has 0 radical (unpaired) electrons. The standard InChI is InChI=1S/C21H16F3N3O2/c22-21(23,24)17-9-10-18(28)27(13-17)12-14-5-4-8-16(11-14)20(29)26-19(25)15-6-2-1-3-7-15/h1-11,13H,12H2,(H2,25,26,29)/p+1. The second kappa shape index (κ2) is 8.14. The van der Waals surface area contributed by atoms with Gasteiger partial charge in [0.25, 0.3) is 11.4 Å². The van der Waals surface area contributed by atoms with E-state index in [9.17, 15) is 22.8 Å². The number of hydrogen-bond acceptors (Lipinski definition) is 2. The van der Waals surface area contributed by atoms with Gasteiger partial charge in [0.15, 0.2) is 0 Å². The summed E-state index contributed by atoms with van der Waals surface area (Å²) in [4.78, 5) is 27.0. The Balaban J connectivity index is 1.85. The van der Waals surface area contributed by atoms with Gasteiger partial charge < -0.3 is 4.57 Å². The summed E-state index contributed by atoms with van der Waals surface area (Å²) in [6.07, 6.45) is -3.79. The average molecular weight is 400 g/mol. The van der Waals surface area contributed by atoms with Gasteiger partial charge >= 0.3 is 12.1 Å². The van der Waals surface area contributed by atoms with E-state index in [4.69, 9.17) is 5.73 Å². The van der Waals surface area contributed by atoms with E-state index in [0.29, 0.717) is 11.1 Å². The summed E-state index contributed by atoms with van der Waals surface area (Å²) in [5, 5.41) is 0. The first-order valence-electron chi connectivity index (χ1n) is 8.60. The second-order valence-electron chi connectivity index (χ2n) is 6.32. The lowest BCUT2D eigenvalue weighted by atomic mass is 10.1. The lowest BCUT2D eigenvalue weighted by molar-refractivity contribution is -0.345. The zero-order chi connectivity index (χ0) is 21.0. The van der Waals surface area contributed by atoms with Crippen LogP contribution in [0.2, 0.25) is 0 Å². The number of nitrogens with zero attached hydrogens (tertiary/aromatic N) is 1. The van der Waals surface area contributed by atoms with Crippen LogP contribution in [0, 0.1) is 0 Å². The number of amides is 1. The zero-order valence-electron chi connectivity index (χ0n) is 15.1. The summed E-state index contributed by atoms with van der Waals surface area (Å²) in [5.41, 5.74) is 5.82. The number of halogens is 3. The van der Waals surface area contributed by atoms with Gasteiger partial charge in [-0.25, -0.2) is 9.79 Å². The Morgan fingerprint density at radius 3 is 2.34 bits per heavy atom. The van der Waals surface area contributed by atoms with Gasteiger partial charge in [-0.05, 0) is 35.9 Å². The van der Waals surface area contributed by atoms with Crippen molar-refractivity contribution in [2.45, 2.75) is 12.7 Å². The maximum atomic E-state index is 12.9. The van der Waals surface area contributed by atoms with Gasteiger partial charge in [-0.1, -0.05) is 30.3 Å². The van der Waals surface area contributed by atoms with Crippen LogP contribution in [-0.2, 0) is 12.7 Å². The number of nitrogens with two attached hydrogens (primary N) is 1. The van der Waals surface area contributed by atoms with Crippen LogP contribution in [0.3, 0.4) is 0 Å². The molecule has 0 aliphatic rings. The first kappa shape index (κ1) is 20.1. The van der Waals surface area contributed by atoms with E-state index in [1.54, 1.807) is 42.5 Å². The molecule has 148 valence electrons. The van der Waals surface area contributed by atoms with Gasteiger partial charge in [-0.15, -0.1) is 0 Å². The Morgan fingerprint density at radius 1 is 0.966 bits per heavy atom. The van der Waals surface area contributed by atoms with Crippen molar-refractivity contribution in [3.05, 3.63) is 106 Å². The summed E-state index contributed by atoms with van der Waals surface area (Å²) in [6.45, 7) is -0.109. The Hall–Kier alpha value is -3.68. The largest absolute Gasteiger partial charge is 0.417 e. The van der Waals surface area contributed by atoms with Crippen LogP contribution in [0.4, 0.5) is 13.2 Å². The monoisotopic (exact) mass is 400 g/mol. The zero-order valence-corrected chi connectivity index (χ0v) is 15.1. The molecule has 3 aromatic rings. The van der Waals surface area contributed by atoms with Crippen LogP contribution >= 0.6 is 0 Å². The fourth-order valence-corrected chi connectivity index (χ4v) is 2.71. The second-order valence-corrected chi connectivity index (χ2v) is 6.32. The van der Waals surface area contributed by atoms with Crippen molar-refractivity contribution in [2.24, 2.45) is 5.73 Å². The van der Waals surface area contributed by atoms with Crippen molar-refractivity contribution >= 4 is 11.7 Å². The Labute approximate surface area is 163 Å². The molecule has 29 heavy (non-hydrogen) atoms. The lowest BCUT2D eigenvalue weighted by Crippen LogP contribution is -2.79. The van der Waals surface area contributed by atoms with E-state index in [2.05, 4.69) is 4.99 Å². The Bertz CT molecular complexity index is 1120. The van der Waals surface area contributed by atoms with Crippen LogP contribution in [0.1, 0.15) is 27.0 Å². The first-order valence-corrected chi connectivity index (χ1v) is 8.60. The molecule has 3 rings (SSSR count). The smallest absolute Gasteiger partial charge is 0.311 e. The number of carbonyl (C=O) groups excluding carboxylic acids is 1. The number of amidine groups is 1. The molecule has 2 aromatic carbocycles. The molecule has 0 unspecified atom stereocenters. The van der Waals surface area contributed by atoms with E-state index < -0.39 is 23.2 Å². The van der Waals surface area contributed by atoms with E-state index in [1.165, 1.54) is 6.07 Å². The van der Waals surface area contributed by atoms with Gasteiger partial charge in [-0.2, -0.15) is 13.2 Å². The molecule has 5 nitrogen and oxygen atoms in total. The number of rotatable bonds is 4. The number of nitrogen functional groups attached to an aromatic ring is 1. The molecular weight excluding hydrogens is 383 g/mol. The third kappa shape index (κ3) is 4.98. The average Bonchev–Trinajstić information content (AvgIpc) is 2.69. The van der Waals surface area contributed by atoms with Crippen molar-refractivity contribution in [1.29, 1.82) is 0 Å². The maximum absolute atomic E-state index is 12.9. The molecule has 0 fully saturated rings. The highest BCUT2D eigenvalue weighted by Crippen LogP contribution is 2.28. The highest BCUT2D eigenvalue weighted by Gasteiger charge is 2.31. The minimum atomic E-state index is -4.55. The molecule has 0 bridgehead atoms. The van der Waals surface area contributed by atoms with Crippen molar-refractivity contribution in [3.8, 4) is 0 Å². The Morgan fingerprint density at radius 2 is 1.66 bits per heavy atom. The fourth-order valence-electron chi connectivity index (χ4n) is 2.71. The van der Waals surface area contributed by atoms with Crippen LogP contribution < -0.4 is 16.3 Å². The number of carbonyl (C=O) groups is 1. The van der Waals surface area contributed by atoms with E-state index in [1.807, 2.05) is 6.07 Å². The predicted molar refractivity (Wildman–Crippen MR) is 101 cm³/mol. The molecule has 3 N–H and O–H groups in total. The number of hydrogen-bond donors (Lipinski definition) is 2. The van der Waals surface area contributed by atoms with Crippen molar-refractivity contribution in [1.82, 2.24) is 4.57 Å². The van der Waals surface area contributed by atoms with Crippen LogP contribution in [0.5, 0.6) is 0 Å². The summed E-state index contributed by atoms with van der Waals surface area (Å²) >= 11 is 0. The van der Waals surface area contributed by atoms with Crippen molar-refractivity contribution < 1.29 is 23.0 Å². The SMILES string of the molecule is NC(=[NH+]C(=O)c1cccc(Cn2cc(C(F)(F)F)ccc2=O)c1)c1ccccc1. The molecule has 1 amide bonds. The van der Waals surface area contributed by atoms with Gasteiger partial charge in [0.1, 0.15) is 0 Å².